The van der Waals surface area contributed by atoms with Crippen LogP contribution in [0.4, 0.5) is 5.95 Å². The maximum absolute atomic E-state index is 8.41. The van der Waals surface area contributed by atoms with E-state index < -0.39 is 0 Å². The number of benzene rings is 1. The first kappa shape index (κ1) is 12.6. The van der Waals surface area contributed by atoms with Crippen molar-refractivity contribution >= 4 is 12.2 Å². The summed E-state index contributed by atoms with van der Waals surface area (Å²) in [5.41, 5.74) is 9.28. The molecule has 0 amide bonds. The Morgan fingerprint density at radius 1 is 1.32 bits per heavy atom. The normalized spacial score (nSPS) is 10.4. The summed E-state index contributed by atoms with van der Waals surface area (Å²) in [5.74, 6) is 1.41. The minimum Gasteiger partial charge on any atom is -0.497 e. The summed E-state index contributed by atoms with van der Waals surface area (Å²) >= 11 is 0. The van der Waals surface area contributed by atoms with Crippen LogP contribution in [0.15, 0.2) is 34.5 Å². The SMILES string of the molecule is COc1ccc(C=Nn2c(C)nnc2N=[N+]=[N-])cc1. The van der Waals surface area contributed by atoms with Crippen molar-refractivity contribution in [1.29, 1.82) is 0 Å². The van der Waals surface area contributed by atoms with E-state index in [4.69, 9.17) is 10.3 Å². The molecule has 0 saturated heterocycles. The van der Waals surface area contributed by atoms with Crippen LogP contribution in [0.5, 0.6) is 5.75 Å². The van der Waals surface area contributed by atoms with Crippen LogP contribution in [0.1, 0.15) is 11.4 Å². The Hall–Kier alpha value is -2.86. The zero-order valence-corrected chi connectivity index (χ0v) is 10.4. The van der Waals surface area contributed by atoms with Crippen molar-refractivity contribution in [3.63, 3.8) is 0 Å². The molecule has 0 fully saturated rings. The van der Waals surface area contributed by atoms with Gasteiger partial charge in [-0.3, -0.25) is 0 Å². The Balaban J connectivity index is 2.26. The zero-order chi connectivity index (χ0) is 13.7. The van der Waals surface area contributed by atoms with Gasteiger partial charge >= 0.3 is 0 Å². The van der Waals surface area contributed by atoms with Gasteiger partial charge in [-0.25, -0.2) is 0 Å². The molecule has 2 rings (SSSR count). The maximum Gasteiger partial charge on any atom is 0.241 e. The molecule has 0 radical (unpaired) electrons. The minimum atomic E-state index is 0.102. The van der Waals surface area contributed by atoms with E-state index in [1.807, 2.05) is 24.3 Å². The van der Waals surface area contributed by atoms with Crippen LogP contribution in [0.2, 0.25) is 0 Å². The Morgan fingerprint density at radius 3 is 2.68 bits per heavy atom. The molecule has 1 aromatic carbocycles. The van der Waals surface area contributed by atoms with Crippen LogP contribution >= 0.6 is 0 Å². The van der Waals surface area contributed by atoms with Crippen molar-refractivity contribution in [3.8, 4) is 5.75 Å². The fraction of sp³-hybridized carbons (Fsp3) is 0.182. The standard InChI is InChI=1S/C11H11N7O/c1-8-14-15-11(16-17-12)18(8)13-7-9-3-5-10(19-2)6-4-9/h3-7H,1-2H3. The molecule has 1 heterocycles. The molecular weight excluding hydrogens is 246 g/mol. The Bertz CT molecular complexity index is 638. The van der Waals surface area contributed by atoms with Crippen molar-refractivity contribution in [1.82, 2.24) is 14.9 Å². The van der Waals surface area contributed by atoms with Gasteiger partial charge in [0, 0.05) is 4.91 Å². The third-order valence-corrected chi connectivity index (χ3v) is 2.35. The molecular formula is C11H11N7O. The summed E-state index contributed by atoms with van der Waals surface area (Å²) < 4.78 is 6.43. The van der Waals surface area contributed by atoms with Gasteiger partial charge in [-0.1, -0.05) is 0 Å². The van der Waals surface area contributed by atoms with Crippen LogP contribution in [-0.2, 0) is 0 Å². The molecule has 0 atom stereocenters. The summed E-state index contributed by atoms with van der Waals surface area (Å²) in [7, 11) is 1.61. The maximum atomic E-state index is 8.41. The number of hydrogen-bond donors (Lipinski definition) is 0. The third-order valence-electron chi connectivity index (χ3n) is 2.35. The Labute approximate surface area is 109 Å². The van der Waals surface area contributed by atoms with Gasteiger partial charge in [-0.05, 0) is 47.4 Å². The number of ether oxygens (including phenoxy) is 1. The van der Waals surface area contributed by atoms with Crippen LogP contribution in [0.3, 0.4) is 0 Å². The fourth-order valence-electron chi connectivity index (χ4n) is 1.40. The number of hydrogen-bond acceptors (Lipinski definition) is 5. The largest absolute Gasteiger partial charge is 0.497 e. The van der Waals surface area contributed by atoms with E-state index in [0.29, 0.717) is 5.82 Å². The fourth-order valence-corrected chi connectivity index (χ4v) is 1.40. The van der Waals surface area contributed by atoms with Gasteiger partial charge in [0.1, 0.15) is 5.75 Å². The average molecular weight is 257 g/mol. The number of aryl methyl sites for hydroxylation is 1. The predicted molar refractivity (Wildman–Crippen MR) is 69.6 cm³/mol. The number of aromatic nitrogens is 3. The summed E-state index contributed by atoms with van der Waals surface area (Å²) in [4.78, 5) is 2.67. The molecule has 96 valence electrons. The van der Waals surface area contributed by atoms with Crippen LogP contribution in [0, 0.1) is 6.92 Å². The lowest BCUT2D eigenvalue weighted by Gasteiger charge is -1.99. The molecule has 0 saturated carbocycles. The average Bonchev–Trinajstić information content (AvgIpc) is 2.78. The predicted octanol–water partition coefficient (Wildman–Crippen LogP) is 2.42. The summed E-state index contributed by atoms with van der Waals surface area (Å²) in [5, 5.41) is 15.1. The molecule has 0 bridgehead atoms. The highest BCUT2D eigenvalue weighted by Gasteiger charge is 2.04. The second-order valence-corrected chi connectivity index (χ2v) is 3.57. The van der Waals surface area contributed by atoms with E-state index in [2.05, 4.69) is 25.3 Å². The lowest BCUT2D eigenvalue weighted by Crippen LogP contribution is -1.93. The Kier molecular flexibility index (Phi) is 3.75. The lowest BCUT2D eigenvalue weighted by molar-refractivity contribution is 0.415. The lowest BCUT2D eigenvalue weighted by atomic mass is 10.2. The van der Waals surface area contributed by atoms with Gasteiger partial charge in [0.25, 0.3) is 0 Å². The first-order valence-electron chi connectivity index (χ1n) is 5.40. The highest BCUT2D eigenvalue weighted by molar-refractivity contribution is 5.79. The van der Waals surface area contributed by atoms with Crippen LogP contribution in [0.25, 0.3) is 10.4 Å². The van der Waals surface area contributed by atoms with Crippen molar-refractivity contribution in [2.45, 2.75) is 6.92 Å². The van der Waals surface area contributed by atoms with Gasteiger partial charge < -0.3 is 4.74 Å². The number of nitrogens with zero attached hydrogens (tertiary/aromatic N) is 7. The topological polar surface area (TPSA) is 101 Å². The van der Waals surface area contributed by atoms with Crippen molar-refractivity contribution in [2.24, 2.45) is 10.2 Å². The molecule has 0 unspecified atom stereocenters. The number of rotatable bonds is 4. The van der Waals surface area contributed by atoms with E-state index >= 15 is 0 Å². The smallest absolute Gasteiger partial charge is 0.241 e. The number of methoxy groups -OCH3 is 1. The van der Waals surface area contributed by atoms with E-state index in [-0.39, 0.29) is 5.95 Å². The molecule has 1 aromatic heterocycles. The van der Waals surface area contributed by atoms with Crippen molar-refractivity contribution in [2.75, 3.05) is 7.11 Å². The third kappa shape index (κ3) is 2.88. The van der Waals surface area contributed by atoms with Crippen LogP contribution < -0.4 is 4.74 Å². The van der Waals surface area contributed by atoms with Crippen LogP contribution in [-0.4, -0.2) is 28.2 Å². The van der Waals surface area contributed by atoms with Gasteiger partial charge in [-0.15, -0.1) is 10.2 Å². The van der Waals surface area contributed by atoms with Crippen molar-refractivity contribution < 1.29 is 4.74 Å². The van der Waals surface area contributed by atoms with E-state index in [1.54, 1.807) is 20.2 Å². The monoisotopic (exact) mass is 257 g/mol. The zero-order valence-electron chi connectivity index (χ0n) is 10.4. The molecule has 8 heteroatoms. The highest BCUT2D eigenvalue weighted by Crippen LogP contribution is 2.12. The van der Waals surface area contributed by atoms with Gasteiger partial charge in [-0.2, -0.15) is 9.78 Å². The van der Waals surface area contributed by atoms with E-state index in [0.717, 1.165) is 11.3 Å². The molecule has 2 aromatic rings. The van der Waals surface area contributed by atoms with Gasteiger partial charge in [0.2, 0.25) is 5.95 Å². The molecule has 0 N–H and O–H groups in total. The second kappa shape index (κ2) is 5.65. The molecule has 19 heavy (non-hydrogen) atoms. The second-order valence-electron chi connectivity index (χ2n) is 3.57. The summed E-state index contributed by atoms with van der Waals surface area (Å²) in [6, 6.07) is 7.37. The van der Waals surface area contributed by atoms with Crippen molar-refractivity contribution in [3.05, 3.63) is 46.1 Å². The molecule has 8 nitrogen and oxygen atoms in total. The number of azide groups is 1. The summed E-state index contributed by atoms with van der Waals surface area (Å²) in [6.45, 7) is 1.72. The quantitative estimate of drug-likeness (QED) is 0.363. The van der Waals surface area contributed by atoms with Gasteiger partial charge in [0.15, 0.2) is 5.82 Å². The minimum absolute atomic E-state index is 0.102. The first-order chi connectivity index (χ1) is 9.24. The molecule has 0 spiro atoms. The molecule has 0 aliphatic rings. The molecule has 0 aliphatic carbocycles. The highest BCUT2D eigenvalue weighted by atomic mass is 16.5. The first-order valence-corrected chi connectivity index (χ1v) is 5.40. The molecule has 0 aliphatic heterocycles. The van der Waals surface area contributed by atoms with Gasteiger partial charge in [0.05, 0.1) is 13.3 Å². The van der Waals surface area contributed by atoms with E-state index in [1.165, 1.54) is 4.68 Å². The Morgan fingerprint density at radius 2 is 2.05 bits per heavy atom. The van der Waals surface area contributed by atoms with E-state index in [9.17, 15) is 0 Å². The summed E-state index contributed by atoms with van der Waals surface area (Å²) in [6.07, 6.45) is 1.62.